The second-order valence-electron chi connectivity index (χ2n) is 2.24. The molecule has 1 heterocycles. The summed E-state index contributed by atoms with van der Waals surface area (Å²) in [5.41, 5.74) is 0. The quantitative estimate of drug-likeness (QED) is 0.530. The average Bonchev–Trinajstić information content (AvgIpc) is 1.90. The highest BCUT2D eigenvalue weighted by molar-refractivity contribution is 7.79. The van der Waals surface area contributed by atoms with Crippen LogP contribution >= 0.6 is 12.2 Å². The van der Waals surface area contributed by atoms with E-state index in [0.717, 1.165) is 6.54 Å². The number of thiocarbonyl (C=S) groups is 1. The molecule has 1 fully saturated rings. The lowest BCUT2D eigenvalue weighted by Crippen LogP contribution is -2.29. The summed E-state index contributed by atoms with van der Waals surface area (Å²) in [5, 5.41) is 5.17. The summed E-state index contributed by atoms with van der Waals surface area (Å²) in [6, 6.07) is 0. The highest BCUT2D eigenvalue weighted by atomic mass is 32.1. The van der Waals surface area contributed by atoms with Crippen molar-refractivity contribution in [2.45, 2.75) is 12.8 Å². The molecule has 46 valence electrons. The molecule has 0 spiro atoms. The molecule has 0 aromatic rings. The SMILES string of the molecule is S=CC1CCCNC1. The van der Waals surface area contributed by atoms with Crippen LogP contribution in [0.1, 0.15) is 12.8 Å². The third kappa shape index (κ3) is 1.53. The van der Waals surface area contributed by atoms with Crippen molar-refractivity contribution in [3.63, 3.8) is 0 Å². The first-order chi connectivity index (χ1) is 3.93. The maximum Gasteiger partial charge on any atom is 0.00224 e. The van der Waals surface area contributed by atoms with Gasteiger partial charge in [-0.25, -0.2) is 0 Å². The summed E-state index contributed by atoms with van der Waals surface area (Å²) in [6.45, 7) is 2.28. The molecule has 0 aliphatic carbocycles. The summed E-state index contributed by atoms with van der Waals surface area (Å²) < 4.78 is 0. The fourth-order valence-electron chi connectivity index (χ4n) is 0.995. The lowest BCUT2D eigenvalue weighted by Gasteiger charge is -2.17. The Balaban J connectivity index is 2.22. The molecule has 1 N–H and O–H groups in total. The van der Waals surface area contributed by atoms with Crippen LogP contribution in [0.15, 0.2) is 0 Å². The Morgan fingerprint density at radius 1 is 1.62 bits per heavy atom. The summed E-state index contributed by atoms with van der Waals surface area (Å²) in [6.07, 6.45) is 2.58. The first-order valence-electron chi connectivity index (χ1n) is 3.09. The highest BCUT2D eigenvalue weighted by Crippen LogP contribution is 2.06. The van der Waals surface area contributed by atoms with E-state index in [4.69, 9.17) is 12.2 Å². The largest absolute Gasteiger partial charge is 0.316 e. The molecule has 1 atom stereocenters. The number of piperidine rings is 1. The zero-order chi connectivity index (χ0) is 5.82. The first kappa shape index (κ1) is 6.17. The Labute approximate surface area is 55.5 Å². The molecule has 0 aromatic carbocycles. The van der Waals surface area contributed by atoms with Crippen LogP contribution in [0.3, 0.4) is 0 Å². The predicted molar refractivity (Wildman–Crippen MR) is 39.2 cm³/mol. The van der Waals surface area contributed by atoms with E-state index in [1.807, 2.05) is 5.37 Å². The van der Waals surface area contributed by atoms with E-state index in [9.17, 15) is 0 Å². The van der Waals surface area contributed by atoms with Crippen LogP contribution in [0.25, 0.3) is 0 Å². The molecule has 1 nitrogen and oxygen atoms in total. The summed E-state index contributed by atoms with van der Waals surface area (Å²) >= 11 is 4.81. The molecule has 1 aliphatic rings. The minimum Gasteiger partial charge on any atom is -0.316 e. The van der Waals surface area contributed by atoms with Gasteiger partial charge in [0, 0.05) is 6.54 Å². The predicted octanol–water partition coefficient (Wildman–Crippen LogP) is 0.986. The molecule has 0 saturated carbocycles. The third-order valence-electron chi connectivity index (χ3n) is 1.53. The van der Waals surface area contributed by atoms with Gasteiger partial charge in [0.05, 0.1) is 0 Å². The van der Waals surface area contributed by atoms with Gasteiger partial charge in [0.2, 0.25) is 0 Å². The molecule has 2 heteroatoms. The zero-order valence-electron chi connectivity index (χ0n) is 4.89. The molecule has 1 saturated heterocycles. The maximum absolute atomic E-state index is 4.81. The van der Waals surface area contributed by atoms with E-state index in [1.54, 1.807) is 0 Å². The van der Waals surface area contributed by atoms with Crippen LogP contribution in [0, 0.1) is 5.92 Å². The Hall–Kier alpha value is 0.0500. The lowest BCUT2D eigenvalue weighted by atomic mass is 10.0. The molecule has 0 radical (unpaired) electrons. The molecule has 1 rings (SSSR count). The van der Waals surface area contributed by atoms with Gasteiger partial charge in [-0.05, 0) is 30.7 Å². The minimum absolute atomic E-state index is 0.666. The van der Waals surface area contributed by atoms with Crippen LogP contribution in [-0.2, 0) is 0 Å². The van der Waals surface area contributed by atoms with Crippen molar-refractivity contribution in [2.75, 3.05) is 13.1 Å². The van der Waals surface area contributed by atoms with Gasteiger partial charge in [-0.15, -0.1) is 0 Å². The fraction of sp³-hybridized carbons (Fsp3) is 0.833. The Bertz CT molecular complexity index is 76.6. The zero-order valence-corrected chi connectivity index (χ0v) is 5.71. The van der Waals surface area contributed by atoms with Crippen molar-refractivity contribution in [1.82, 2.24) is 5.32 Å². The molecule has 1 aliphatic heterocycles. The smallest absolute Gasteiger partial charge is 0.00224 e. The molecule has 0 bridgehead atoms. The fourth-order valence-corrected chi connectivity index (χ4v) is 1.23. The van der Waals surface area contributed by atoms with E-state index in [2.05, 4.69) is 5.32 Å². The normalized spacial score (nSPS) is 29.8. The summed E-state index contributed by atoms with van der Waals surface area (Å²) in [4.78, 5) is 0. The van der Waals surface area contributed by atoms with E-state index in [-0.39, 0.29) is 0 Å². The van der Waals surface area contributed by atoms with E-state index < -0.39 is 0 Å². The number of rotatable bonds is 1. The van der Waals surface area contributed by atoms with Crippen LogP contribution in [0.5, 0.6) is 0 Å². The standard InChI is InChI=1S/C6H11NS/c8-5-6-2-1-3-7-4-6/h5-7H,1-4H2. The van der Waals surface area contributed by atoms with Gasteiger partial charge < -0.3 is 5.32 Å². The van der Waals surface area contributed by atoms with Crippen molar-refractivity contribution in [3.05, 3.63) is 0 Å². The van der Waals surface area contributed by atoms with Crippen molar-refractivity contribution in [3.8, 4) is 0 Å². The van der Waals surface area contributed by atoms with E-state index >= 15 is 0 Å². The molecular weight excluding hydrogens is 118 g/mol. The lowest BCUT2D eigenvalue weighted by molar-refractivity contribution is 0.466. The van der Waals surface area contributed by atoms with Gasteiger partial charge in [0.1, 0.15) is 0 Å². The van der Waals surface area contributed by atoms with Gasteiger partial charge in [0.15, 0.2) is 0 Å². The molecule has 1 unspecified atom stereocenters. The Morgan fingerprint density at radius 2 is 2.50 bits per heavy atom. The van der Waals surface area contributed by atoms with Crippen LogP contribution in [-0.4, -0.2) is 18.5 Å². The number of hydrogen-bond acceptors (Lipinski definition) is 2. The van der Waals surface area contributed by atoms with Crippen LogP contribution < -0.4 is 5.32 Å². The van der Waals surface area contributed by atoms with Gasteiger partial charge in [-0.1, -0.05) is 12.2 Å². The van der Waals surface area contributed by atoms with Crippen molar-refractivity contribution in [2.24, 2.45) is 5.92 Å². The summed E-state index contributed by atoms with van der Waals surface area (Å²) in [5.74, 6) is 0.666. The third-order valence-corrected chi connectivity index (χ3v) is 1.91. The van der Waals surface area contributed by atoms with Crippen molar-refractivity contribution < 1.29 is 0 Å². The Kier molecular flexibility index (Phi) is 2.43. The molecule has 8 heavy (non-hydrogen) atoms. The first-order valence-corrected chi connectivity index (χ1v) is 3.56. The van der Waals surface area contributed by atoms with Gasteiger partial charge in [0.25, 0.3) is 0 Å². The molecule has 0 amide bonds. The number of nitrogens with one attached hydrogen (secondary N) is 1. The van der Waals surface area contributed by atoms with Gasteiger partial charge in [-0.3, -0.25) is 0 Å². The summed E-state index contributed by atoms with van der Waals surface area (Å²) in [7, 11) is 0. The molecule has 0 aromatic heterocycles. The Morgan fingerprint density at radius 3 is 2.88 bits per heavy atom. The topological polar surface area (TPSA) is 12.0 Å². The second-order valence-corrected chi connectivity index (χ2v) is 2.51. The maximum atomic E-state index is 4.81. The molecular formula is C6H11NS. The minimum atomic E-state index is 0.666. The van der Waals surface area contributed by atoms with Gasteiger partial charge >= 0.3 is 0 Å². The van der Waals surface area contributed by atoms with Crippen LogP contribution in [0.4, 0.5) is 0 Å². The van der Waals surface area contributed by atoms with Crippen LogP contribution in [0.2, 0.25) is 0 Å². The second kappa shape index (κ2) is 3.15. The van der Waals surface area contributed by atoms with Crippen molar-refractivity contribution >= 4 is 17.6 Å². The average molecular weight is 129 g/mol. The van der Waals surface area contributed by atoms with Crippen molar-refractivity contribution in [1.29, 1.82) is 0 Å². The van der Waals surface area contributed by atoms with E-state index in [0.29, 0.717) is 5.92 Å². The number of hydrogen-bond donors (Lipinski definition) is 1. The highest BCUT2D eigenvalue weighted by Gasteiger charge is 2.07. The monoisotopic (exact) mass is 129 g/mol. The van der Waals surface area contributed by atoms with Gasteiger partial charge in [-0.2, -0.15) is 0 Å². The van der Waals surface area contributed by atoms with E-state index in [1.165, 1.54) is 19.4 Å².